The summed E-state index contributed by atoms with van der Waals surface area (Å²) in [7, 11) is -3.49. The van der Waals surface area contributed by atoms with E-state index in [4.69, 9.17) is 0 Å². The van der Waals surface area contributed by atoms with Gasteiger partial charge >= 0.3 is 6.03 Å². The zero-order chi connectivity index (χ0) is 18.7. The number of urea groups is 1. The molecule has 1 atom stereocenters. The predicted molar refractivity (Wildman–Crippen MR) is 94.8 cm³/mol. The number of quaternary nitrogens is 1. The van der Waals surface area contributed by atoms with Crippen molar-refractivity contribution in [1.29, 1.82) is 0 Å². The number of amides is 3. The van der Waals surface area contributed by atoms with Gasteiger partial charge in [-0.25, -0.2) is 18.1 Å². The summed E-state index contributed by atoms with van der Waals surface area (Å²) in [6.07, 6.45) is 1.47. The molecule has 9 heteroatoms. The van der Waals surface area contributed by atoms with Gasteiger partial charge in [-0.1, -0.05) is 31.5 Å². The third-order valence-corrected chi connectivity index (χ3v) is 6.79. The number of nitrogens with one attached hydrogen (secondary N) is 2. The van der Waals surface area contributed by atoms with Crippen LogP contribution in [-0.2, 0) is 14.8 Å². The molecule has 2 saturated heterocycles. The van der Waals surface area contributed by atoms with E-state index in [-0.39, 0.29) is 18.6 Å². The highest BCUT2D eigenvalue weighted by atomic mass is 32.2. The van der Waals surface area contributed by atoms with Crippen LogP contribution in [-0.4, -0.2) is 68.5 Å². The Morgan fingerprint density at radius 1 is 1.15 bits per heavy atom. The van der Waals surface area contributed by atoms with Gasteiger partial charge in [0, 0.05) is 0 Å². The minimum absolute atomic E-state index is 0.177. The Morgan fingerprint density at radius 3 is 2.42 bits per heavy atom. The van der Waals surface area contributed by atoms with Gasteiger partial charge in [0.2, 0.25) is 10.0 Å². The average molecular weight is 381 g/mol. The van der Waals surface area contributed by atoms with E-state index >= 15 is 0 Å². The fourth-order valence-corrected chi connectivity index (χ4v) is 4.84. The van der Waals surface area contributed by atoms with E-state index < -0.39 is 16.1 Å². The minimum atomic E-state index is -3.49. The molecule has 0 aromatic heterocycles. The van der Waals surface area contributed by atoms with Gasteiger partial charge in [-0.3, -0.25) is 4.79 Å². The van der Waals surface area contributed by atoms with Crippen molar-refractivity contribution < 1.29 is 22.9 Å². The van der Waals surface area contributed by atoms with Crippen LogP contribution in [0.1, 0.15) is 19.8 Å². The lowest BCUT2D eigenvalue weighted by molar-refractivity contribution is -0.910. The number of benzene rings is 1. The molecule has 2 aliphatic heterocycles. The predicted octanol–water partition coefficient (Wildman–Crippen LogP) is -0.746. The third kappa shape index (κ3) is 3.74. The molecule has 26 heavy (non-hydrogen) atoms. The van der Waals surface area contributed by atoms with Crippen molar-refractivity contribution >= 4 is 22.0 Å². The Kier molecular flexibility index (Phi) is 5.59. The van der Waals surface area contributed by atoms with Gasteiger partial charge in [0.1, 0.15) is 6.04 Å². The summed E-state index contributed by atoms with van der Waals surface area (Å²) in [5.74, 6) is -0.177. The molecular weight excluding hydrogens is 356 g/mol. The lowest BCUT2D eigenvalue weighted by Crippen LogP contribution is -3.16. The molecule has 8 nitrogen and oxygen atoms in total. The fraction of sp³-hybridized carbons (Fsp3) is 0.529. The zero-order valence-electron chi connectivity index (χ0n) is 14.8. The first-order valence-corrected chi connectivity index (χ1v) is 10.4. The minimum Gasteiger partial charge on any atom is -0.326 e. The molecule has 2 aliphatic rings. The molecule has 142 valence electrons. The first-order chi connectivity index (χ1) is 12.4. The SMILES string of the molecule is CCC[C@@H]1NC(=O)N(C[NH+]2CCN(S(=O)(=O)c3ccccc3)CC2)C1=O. The topological polar surface area (TPSA) is 91.2 Å². The summed E-state index contributed by atoms with van der Waals surface area (Å²) < 4.78 is 26.8. The highest BCUT2D eigenvalue weighted by Crippen LogP contribution is 2.15. The van der Waals surface area contributed by atoms with Gasteiger partial charge in [-0.2, -0.15) is 4.31 Å². The lowest BCUT2D eigenvalue weighted by Gasteiger charge is -2.32. The Labute approximate surface area is 153 Å². The molecule has 2 heterocycles. The van der Waals surface area contributed by atoms with Crippen molar-refractivity contribution in [3.8, 4) is 0 Å². The van der Waals surface area contributed by atoms with Crippen molar-refractivity contribution in [1.82, 2.24) is 14.5 Å². The Balaban J connectivity index is 1.58. The Hall–Kier alpha value is -1.97. The molecule has 1 aromatic rings. The van der Waals surface area contributed by atoms with Crippen LogP contribution in [0.25, 0.3) is 0 Å². The average Bonchev–Trinajstić information content (AvgIpc) is 2.91. The summed E-state index contributed by atoms with van der Waals surface area (Å²) in [6.45, 7) is 4.11. The maximum absolute atomic E-state index is 12.6. The van der Waals surface area contributed by atoms with Gasteiger partial charge in [0.15, 0.2) is 6.67 Å². The third-order valence-electron chi connectivity index (χ3n) is 4.88. The summed E-state index contributed by atoms with van der Waals surface area (Å²) in [5.41, 5.74) is 0. The molecule has 0 bridgehead atoms. The molecule has 1 aromatic carbocycles. The second-order valence-electron chi connectivity index (χ2n) is 6.68. The highest BCUT2D eigenvalue weighted by molar-refractivity contribution is 7.89. The molecule has 0 aliphatic carbocycles. The number of hydrogen-bond donors (Lipinski definition) is 2. The molecular formula is C17H25N4O4S+. The molecule has 2 N–H and O–H groups in total. The summed E-state index contributed by atoms with van der Waals surface area (Å²) in [4.78, 5) is 26.9. The maximum Gasteiger partial charge on any atom is 0.329 e. The normalized spacial score (nSPS) is 22.7. The van der Waals surface area contributed by atoms with Crippen molar-refractivity contribution in [3.63, 3.8) is 0 Å². The van der Waals surface area contributed by atoms with Crippen LogP contribution < -0.4 is 10.2 Å². The van der Waals surface area contributed by atoms with Crippen molar-refractivity contribution in [3.05, 3.63) is 30.3 Å². The van der Waals surface area contributed by atoms with E-state index in [0.29, 0.717) is 37.5 Å². The van der Waals surface area contributed by atoms with Crippen LogP contribution in [0.3, 0.4) is 0 Å². The number of imide groups is 1. The number of rotatable bonds is 6. The summed E-state index contributed by atoms with van der Waals surface area (Å²) >= 11 is 0. The van der Waals surface area contributed by atoms with Crippen molar-refractivity contribution in [2.24, 2.45) is 0 Å². The molecule has 0 unspecified atom stereocenters. The van der Waals surface area contributed by atoms with E-state index in [1.54, 1.807) is 30.3 Å². The van der Waals surface area contributed by atoms with Crippen LogP contribution in [0.5, 0.6) is 0 Å². The van der Waals surface area contributed by atoms with E-state index in [1.807, 2.05) is 6.92 Å². The molecule has 2 fully saturated rings. The number of nitrogens with zero attached hydrogens (tertiary/aromatic N) is 2. The van der Waals surface area contributed by atoms with Gasteiger partial charge in [0.25, 0.3) is 5.91 Å². The van der Waals surface area contributed by atoms with E-state index in [9.17, 15) is 18.0 Å². The molecule has 0 radical (unpaired) electrons. The van der Waals surface area contributed by atoms with Crippen LogP contribution in [0.4, 0.5) is 4.79 Å². The van der Waals surface area contributed by atoms with Gasteiger partial charge in [0.05, 0.1) is 31.1 Å². The fourth-order valence-electron chi connectivity index (χ4n) is 3.38. The molecule has 3 amide bonds. The molecule has 0 saturated carbocycles. The number of hydrogen-bond acceptors (Lipinski definition) is 4. The van der Waals surface area contributed by atoms with E-state index in [1.165, 1.54) is 9.21 Å². The number of sulfonamides is 1. The highest BCUT2D eigenvalue weighted by Gasteiger charge is 2.40. The number of piperazine rings is 1. The lowest BCUT2D eigenvalue weighted by atomic mass is 10.2. The van der Waals surface area contributed by atoms with E-state index in [2.05, 4.69) is 5.32 Å². The Morgan fingerprint density at radius 2 is 1.81 bits per heavy atom. The number of carbonyl (C=O) groups is 2. The van der Waals surface area contributed by atoms with Crippen LogP contribution in [0.2, 0.25) is 0 Å². The van der Waals surface area contributed by atoms with E-state index in [0.717, 1.165) is 11.3 Å². The van der Waals surface area contributed by atoms with Crippen LogP contribution in [0.15, 0.2) is 35.2 Å². The van der Waals surface area contributed by atoms with Gasteiger partial charge in [-0.15, -0.1) is 0 Å². The second kappa shape index (κ2) is 7.73. The first kappa shape index (κ1) is 18.8. The second-order valence-corrected chi connectivity index (χ2v) is 8.62. The largest absolute Gasteiger partial charge is 0.329 e. The van der Waals surface area contributed by atoms with Crippen molar-refractivity contribution in [2.45, 2.75) is 30.7 Å². The molecule has 3 rings (SSSR count). The van der Waals surface area contributed by atoms with Crippen LogP contribution >= 0.6 is 0 Å². The Bertz CT molecular complexity index is 760. The molecule has 0 spiro atoms. The first-order valence-electron chi connectivity index (χ1n) is 8.94. The van der Waals surface area contributed by atoms with Gasteiger partial charge in [-0.05, 0) is 18.6 Å². The zero-order valence-corrected chi connectivity index (χ0v) is 15.7. The number of carbonyl (C=O) groups excluding carboxylic acids is 2. The van der Waals surface area contributed by atoms with Gasteiger partial charge < -0.3 is 10.2 Å². The van der Waals surface area contributed by atoms with Crippen molar-refractivity contribution in [2.75, 3.05) is 32.8 Å². The summed E-state index contributed by atoms with van der Waals surface area (Å²) in [5, 5.41) is 2.72. The smallest absolute Gasteiger partial charge is 0.326 e. The standard InChI is InChI=1S/C17H24N4O4S/c1-2-6-15-16(22)21(17(23)18-15)13-19-9-11-20(12-10-19)26(24,25)14-7-4-3-5-8-14/h3-5,7-8,15H,2,6,9-13H2,1H3,(H,18,23)/p+1/t15-/m0/s1. The maximum atomic E-state index is 12.6. The summed E-state index contributed by atoms with van der Waals surface area (Å²) in [6, 6.07) is 7.61. The quantitative estimate of drug-likeness (QED) is 0.635. The van der Waals surface area contributed by atoms with Crippen LogP contribution in [0, 0.1) is 0 Å². The monoisotopic (exact) mass is 381 g/mol.